The molecule has 3 heteroatoms. The molecule has 1 atom stereocenters. The average molecular weight is 106 g/mol. The molecule has 0 fully saturated rings. The maximum atomic E-state index is 8.48. The summed E-state index contributed by atoms with van der Waals surface area (Å²) in [6.07, 6.45) is -0.718. The van der Waals surface area contributed by atoms with Gasteiger partial charge < -0.3 is 14.9 Å². The van der Waals surface area contributed by atoms with Crippen molar-refractivity contribution >= 4 is 0 Å². The Kier molecular flexibility index (Phi) is 3.98. The Labute approximate surface area is 42.5 Å². The largest absolute Gasteiger partial charge is 0.394 e. The van der Waals surface area contributed by atoms with Crippen LogP contribution in [-0.4, -0.2) is 36.6 Å². The van der Waals surface area contributed by atoms with Crippen LogP contribution in [0.4, 0.5) is 0 Å². The van der Waals surface area contributed by atoms with Crippen molar-refractivity contribution in [2.75, 3.05) is 20.3 Å². The molecular weight excluding hydrogens is 96.0 g/mol. The molecule has 1 unspecified atom stereocenters. The van der Waals surface area contributed by atoms with E-state index in [1.54, 1.807) is 0 Å². The fourth-order valence-corrected chi connectivity index (χ4v) is 0.245. The first-order valence-corrected chi connectivity index (χ1v) is 2.09. The molecule has 3 nitrogen and oxygen atoms in total. The summed E-state index contributed by atoms with van der Waals surface area (Å²) in [5, 5.41) is 16.6. The molecule has 0 bridgehead atoms. The Balaban J connectivity index is 2.83. The van der Waals surface area contributed by atoms with Crippen molar-refractivity contribution in [2.24, 2.45) is 0 Å². The number of hydrogen-bond donors (Lipinski definition) is 2. The third kappa shape index (κ3) is 3.72. The van der Waals surface area contributed by atoms with E-state index < -0.39 is 6.10 Å². The topological polar surface area (TPSA) is 49.7 Å². The first-order valence-electron chi connectivity index (χ1n) is 2.09. The van der Waals surface area contributed by atoms with Crippen molar-refractivity contribution in [3.63, 3.8) is 0 Å². The first-order chi connectivity index (χ1) is 3.31. The van der Waals surface area contributed by atoms with Gasteiger partial charge in [0, 0.05) is 7.11 Å². The molecule has 0 aliphatic carbocycles. The summed E-state index contributed by atoms with van der Waals surface area (Å²) >= 11 is 0. The van der Waals surface area contributed by atoms with Gasteiger partial charge in [0.05, 0.1) is 13.2 Å². The van der Waals surface area contributed by atoms with E-state index in [0.29, 0.717) is 0 Å². The molecule has 0 aliphatic rings. The smallest absolute Gasteiger partial charge is 0.100 e. The van der Waals surface area contributed by atoms with Gasteiger partial charge in [-0.2, -0.15) is 0 Å². The lowest BCUT2D eigenvalue weighted by Crippen LogP contribution is -2.17. The Bertz CT molecular complexity index is 37.9. The summed E-state index contributed by atoms with van der Waals surface area (Å²) in [4.78, 5) is 0. The molecule has 0 radical (unpaired) electrons. The molecule has 0 aromatic carbocycles. The quantitative estimate of drug-likeness (QED) is 0.484. The van der Waals surface area contributed by atoms with E-state index in [-0.39, 0.29) is 13.2 Å². The van der Waals surface area contributed by atoms with E-state index in [4.69, 9.17) is 10.2 Å². The Hall–Kier alpha value is -0.120. The van der Waals surface area contributed by atoms with Crippen molar-refractivity contribution in [1.82, 2.24) is 0 Å². The van der Waals surface area contributed by atoms with Crippen molar-refractivity contribution < 1.29 is 14.9 Å². The normalized spacial score (nSPS) is 14.1. The maximum absolute atomic E-state index is 8.48. The van der Waals surface area contributed by atoms with Crippen molar-refractivity contribution in [3.05, 3.63) is 0 Å². The Morgan fingerprint density at radius 1 is 1.71 bits per heavy atom. The molecule has 0 saturated carbocycles. The summed E-state index contributed by atoms with van der Waals surface area (Å²) in [7, 11) is 1.47. The van der Waals surface area contributed by atoms with Gasteiger partial charge in [-0.25, -0.2) is 0 Å². The van der Waals surface area contributed by atoms with Crippen LogP contribution >= 0.6 is 0 Å². The minimum absolute atomic E-state index is 0.205. The zero-order valence-electron chi connectivity index (χ0n) is 4.29. The molecule has 0 spiro atoms. The van der Waals surface area contributed by atoms with E-state index in [0.717, 1.165) is 0 Å². The number of rotatable bonds is 3. The number of hydrogen-bond acceptors (Lipinski definition) is 3. The molecule has 0 rings (SSSR count). The molecule has 0 aliphatic heterocycles. The Morgan fingerprint density at radius 2 is 2.29 bits per heavy atom. The second-order valence-electron chi connectivity index (χ2n) is 1.29. The highest BCUT2D eigenvalue weighted by molar-refractivity contribution is 4.46. The van der Waals surface area contributed by atoms with Crippen LogP contribution in [0.25, 0.3) is 0 Å². The lowest BCUT2D eigenvalue weighted by Gasteiger charge is -2.01. The lowest BCUT2D eigenvalue weighted by atomic mass is 10.4. The fourth-order valence-electron chi connectivity index (χ4n) is 0.245. The van der Waals surface area contributed by atoms with Crippen LogP contribution in [0, 0.1) is 0 Å². The number of aliphatic hydroxyl groups is 2. The van der Waals surface area contributed by atoms with Crippen molar-refractivity contribution in [2.45, 2.75) is 6.10 Å². The van der Waals surface area contributed by atoms with Crippen LogP contribution in [0.15, 0.2) is 0 Å². The van der Waals surface area contributed by atoms with Gasteiger partial charge in [-0.05, 0) is 0 Å². The van der Waals surface area contributed by atoms with Gasteiger partial charge >= 0.3 is 0 Å². The summed E-state index contributed by atoms with van der Waals surface area (Å²) in [5.41, 5.74) is 0. The average Bonchev–Trinajstić information content (AvgIpc) is 1.68. The van der Waals surface area contributed by atoms with Crippen molar-refractivity contribution in [3.8, 4) is 0 Å². The molecule has 0 amide bonds. The second-order valence-corrected chi connectivity index (χ2v) is 1.29. The number of aliphatic hydroxyl groups excluding tert-OH is 2. The minimum Gasteiger partial charge on any atom is -0.394 e. The predicted octanol–water partition coefficient (Wildman–Crippen LogP) is -1.01. The molecular formula is C4H10O3. The molecule has 2 N–H and O–H groups in total. The van der Waals surface area contributed by atoms with E-state index >= 15 is 0 Å². The summed E-state index contributed by atoms with van der Waals surface area (Å²) in [5.74, 6) is 0. The van der Waals surface area contributed by atoms with Gasteiger partial charge in [0.25, 0.3) is 0 Å². The highest BCUT2D eigenvalue weighted by Gasteiger charge is 1.96. The van der Waals surface area contributed by atoms with Crippen LogP contribution in [0.1, 0.15) is 0 Å². The van der Waals surface area contributed by atoms with E-state index in [2.05, 4.69) is 4.74 Å². The molecule has 7 heavy (non-hydrogen) atoms. The molecule has 0 heterocycles. The lowest BCUT2D eigenvalue weighted by molar-refractivity contribution is 0.0254. The highest BCUT2D eigenvalue weighted by atomic mass is 16.5. The van der Waals surface area contributed by atoms with Crippen LogP contribution in [-0.2, 0) is 4.74 Å². The SMILES string of the molecule is COCC(O)CO. The third-order valence-corrected chi connectivity index (χ3v) is 0.570. The second kappa shape index (κ2) is 4.05. The molecule has 0 saturated heterocycles. The number of methoxy groups -OCH3 is 1. The van der Waals surface area contributed by atoms with Crippen LogP contribution in [0.2, 0.25) is 0 Å². The maximum Gasteiger partial charge on any atom is 0.100 e. The van der Waals surface area contributed by atoms with Crippen LogP contribution in [0.5, 0.6) is 0 Å². The fraction of sp³-hybridized carbons (Fsp3) is 1.00. The Morgan fingerprint density at radius 3 is 2.43 bits per heavy atom. The predicted molar refractivity (Wildman–Crippen MR) is 25.0 cm³/mol. The summed E-state index contributed by atoms with van der Waals surface area (Å²) in [6.45, 7) is -0.0235. The number of ether oxygens (including phenoxy) is 1. The van der Waals surface area contributed by atoms with Gasteiger partial charge in [-0.3, -0.25) is 0 Å². The van der Waals surface area contributed by atoms with Crippen LogP contribution in [0.3, 0.4) is 0 Å². The van der Waals surface area contributed by atoms with Gasteiger partial charge in [0.2, 0.25) is 0 Å². The molecule has 0 aromatic rings. The van der Waals surface area contributed by atoms with Crippen molar-refractivity contribution in [1.29, 1.82) is 0 Å². The standard InChI is InChI=1S/C4H10O3/c1-7-3-4(6)2-5/h4-6H,2-3H2,1H3. The van der Waals surface area contributed by atoms with Gasteiger partial charge in [0.15, 0.2) is 0 Å². The summed E-state index contributed by atoms with van der Waals surface area (Å²) < 4.78 is 4.48. The zero-order chi connectivity index (χ0) is 5.70. The third-order valence-electron chi connectivity index (χ3n) is 0.570. The van der Waals surface area contributed by atoms with E-state index in [9.17, 15) is 0 Å². The zero-order valence-corrected chi connectivity index (χ0v) is 4.29. The van der Waals surface area contributed by atoms with E-state index in [1.807, 2.05) is 0 Å². The first kappa shape index (κ1) is 6.88. The highest BCUT2D eigenvalue weighted by Crippen LogP contribution is 1.77. The van der Waals surface area contributed by atoms with Gasteiger partial charge in [-0.15, -0.1) is 0 Å². The van der Waals surface area contributed by atoms with E-state index in [1.165, 1.54) is 7.11 Å². The van der Waals surface area contributed by atoms with Gasteiger partial charge in [0.1, 0.15) is 6.10 Å². The molecule has 44 valence electrons. The molecule has 0 aromatic heterocycles. The van der Waals surface area contributed by atoms with Crippen LogP contribution < -0.4 is 0 Å². The van der Waals surface area contributed by atoms with Gasteiger partial charge in [-0.1, -0.05) is 0 Å². The summed E-state index contributed by atoms with van der Waals surface area (Å²) in [6, 6.07) is 0. The monoisotopic (exact) mass is 106 g/mol. The minimum atomic E-state index is -0.718.